The minimum atomic E-state index is 0.122. The SMILES string of the molecule is Cc1ccc(N2CCC(CCO)C2(C)C)cc1Br. The number of hydrogen-bond donors (Lipinski definition) is 1. The Bertz CT molecular complexity index is 431. The van der Waals surface area contributed by atoms with Crippen molar-refractivity contribution in [3.05, 3.63) is 28.2 Å². The van der Waals surface area contributed by atoms with Gasteiger partial charge in [-0.3, -0.25) is 0 Å². The molecule has 0 saturated carbocycles. The van der Waals surface area contributed by atoms with Gasteiger partial charge in [0.2, 0.25) is 0 Å². The largest absolute Gasteiger partial charge is 0.396 e. The van der Waals surface area contributed by atoms with E-state index in [0.717, 1.165) is 13.0 Å². The van der Waals surface area contributed by atoms with E-state index in [9.17, 15) is 5.11 Å². The van der Waals surface area contributed by atoms with E-state index in [0.29, 0.717) is 12.5 Å². The Morgan fingerprint density at radius 1 is 1.44 bits per heavy atom. The minimum absolute atomic E-state index is 0.122. The topological polar surface area (TPSA) is 23.5 Å². The van der Waals surface area contributed by atoms with Crippen molar-refractivity contribution in [1.82, 2.24) is 0 Å². The normalized spacial score (nSPS) is 22.5. The predicted octanol–water partition coefficient (Wildman–Crippen LogP) is 3.74. The molecule has 0 bridgehead atoms. The van der Waals surface area contributed by atoms with Gasteiger partial charge in [-0.2, -0.15) is 0 Å². The van der Waals surface area contributed by atoms with Crippen LogP contribution in [0.4, 0.5) is 5.69 Å². The Morgan fingerprint density at radius 3 is 2.78 bits per heavy atom. The summed E-state index contributed by atoms with van der Waals surface area (Å²) in [5, 5.41) is 9.17. The van der Waals surface area contributed by atoms with Gasteiger partial charge in [0.05, 0.1) is 0 Å². The molecule has 1 fully saturated rings. The molecular weight excluding hydrogens is 290 g/mol. The van der Waals surface area contributed by atoms with Gasteiger partial charge in [-0.1, -0.05) is 22.0 Å². The average Bonchev–Trinajstić information content (AvgIpc) is 2.60. The highest BCUT2D eigenvalue weighted by molar-refractivity contribution is 9.10. The smallest absolute Gasteiger partial charge is 0.0434 e. The van der Waals surface area contributed by atoms with E-state index in [1.807, 2.05) is 0 Å². The van der Waals surface area contributed by atoms with Gasteiger partial charge in [-0.15, -0.1) is 0 Å². The molecule has 1 saturated heterocycles. The van der Waals surface area contributed by atoms with Gasteiger partial charge in [-0.05, 0) is 57.2 Å². The van der Waals surface area contributed by atoms with Crippen LogP contribution in [0.1, 0.15) is 32.3 Å². The molecule has 0 radical (unpaired) electrons. The third-order valence-electron chi connectivity index (χ3n) is 4.34. The molecular formula is C15H22BrNO. The van der Waals surface area contributed by atoms with Crippen LogP contribution in [0.5, 0.6) is 0 Å². The van der Waals surface area contributed by atoms with Crippen molar-refractivity contribution < 1.29 is 5.11 Å². The van der Waals surface area contributed by atoms with Crippen molar-refractivity contribution in [3.63, 3.8) is 0 Å². The summed E-state index contributed by atoms with van der Waals surface area (Å²) in [6.45, 7) is 8.05. The molecule has 1 atom stereocenters. The molecule has 1 aromatic carbocycles. The second kappa shape index (κ2) is 5.22. The average molecular weight is 312 g/mol. The summed E-state index contributed by atoms with van der Waals surface area (Å²) in [5.74, 6) is 0.572. The van der Waals surface area contributed by atoms with Crippen LogP contribution in [0, 0.1) is 12.8 Å². The third-order valence-corrected chi connectivity index (χ3v) is 5.19. The Balaban J connectivity index is 2.26. The van der Waals surface area contributed by atoms with Gasteiger partial charge in [-0.25, -0.2) is 0 Å². The van der Waals surface area contributed by atoms with E-state index in [-0.39, 0.29) is 5.54 Å². The van der Waals surface area contributed by atoms with Crippen molar-refractivity contribution >= 4 is 21.6 Å². The van der Waals surface area contributed by atoms with E-state index in [1.54, 1.807) is 0 Å². The van der Waals surface area contributed by atoms with E-state index in [4.69, 9.17) is 0 Å². The first-order chi connectivity index (χ1) is 8.46. The number of benzene rings is 1. The zero-order chi connectivity index (χ0) is 13.3. The first-order valence-corrected chi connectivity index (χ1v) is 7.40. The van der Waals surface area contributed by atoms with E-state index in [2.05, 4.69) is 59.8 Å². The summed E-state index contributed by atoms with van der Waals surface area (Å²) in [6, 6.07) is 6.57. The van der Waals surface area contributed by atoms with Crippen LogP contribution in [0.3, 0.4) is 0 Å². The lowest BCUT2D eigenvalue weighted by atomic mass is 9.86. The predicted molar refractivity (Wildman–Crippen MR) is 80.1 cm³/mol. The number of aryl methyl sites for hydroxylation is 1. The molecule has 100 valence electrons. The van der Waals surface area contributed by atoms with Gasteiger partial charge < -0.3 is 10.0 Å². The van der Waals surface area contributed by atoms with Crippen molar-refractivity contribution in [1.29, 1.82) is 0 Å². The Hall–Kier alpha value is -0.540. The van der Waals surface area contributed by atoms with Crippen LogP contribution in [0.15, 0.2) is 22.7 Å². The van der Waals surface area contributed by atoms with Gasteiger partial charge in [0.15, 0.2) is 0 Å². The fourth-order valence-corrected chi connectivity index (χ4v) is 3.38. The Kier molecular flexibility index (Phi) is 4.02. The fourth-order valence-electron chi connectivity index (χ4n) is 3.01. The van der Waals surface area contributed by atoms with Crippen LogP contribution in [0.2, 0.25) is 0 Å². The molecule has 1 unspecified atom stereocenters. The quantitative estimate of drug-likeness (QED) is 0.919. The van der Waals surface area contributed by atoms with Gasteiger partial charge in [0.25, 0.3) is 0 Å². The van der Waals surface area contributed by atoms with Crippen LogP contribution in [-0.2, 0) is 0 Å². The van der Waals surface area contributed by atoms with Crippen LogP contribution < -0.4 is 4.90 Å². The summed E-state index contributed by atoms with van der Waals surface area (Å²) >= 11 is 3.61. The highest BCUT2D eigenvalue weighted by Gasteiger charge is 2.40. The summed E-state index contributed by atoms with van der Waals surface area (Å²) in [7, 11) is 0. The summed E-state index contributed by atoms with van der Waals surface area (Å²) in [5.41, 5.74) is 2.66. The zero-order valence-corrected chi connectivity index (χ0v) is 13.0. The molecule has 3 heteroatoms. The minimum Gasteiger partial charge on any atom is -0.396 e. The molecule has 1 aliphatic heterocycles. The second-order valence-corrected chi connectivity index (χ2v) is 6.59. The number of hydrogen-bond acceptors (Lipinski definition) is 2. The third kappa shape index (κ3) is 2.43. The summed E-state index contributed by atoms with van der Waals surface area (Å²) in [4.78, 5) is 2.47. The molecule has 1 N–H and O–H groups in total. The highest BCUT2D eigenvalue weighted by Crippen LogP contribution is 2.40. The van der Waals surface area contributed by atoms with Gasteiger partial charge in [0, 0.05) is 28.9 Å². The summed E-state index contributed by atoms with van der Waals surface area (Å²) < 4.78 is 1.17. The summed E-state index contributed by atoms with van der Waals surface area (Å²) in [6.07, 6.45) is 2.07. The van der Waals surface area contributed by atoms with Crippen LogP contribution in [0.25, 0.3) is 0 Å². The highest BCUT2D eigenvalue weighted by atomic mass is 79.9. The Labute approximate surface area is 118 Å². The molecule has 0 aliphatic carbocycles. The van der Waals surface area contributed by atoms with E-state index >= 15 is 0 Å². The maximum absolute atomic E-state index is 9.17. The van der Waals surface area contributed by atoms with Crippen LogP contribution in [-0.4, -0.2) is 23.8 Å². The number of aliphatic hydroxyl groups is 1. The zero-order valence-electron chi connectivity index (χ0n) is 11.4. The maximum atomic E-state index is 9.17. The van der Waals surface area contributed by atoms with Crippen molar-refractivity contribution in [3.8, 4) is 0 Å². The second-order valence-electron chi connectivity index (χ2n) is 5.74. The van der Waals surface area contributed by atoms with Gasteiger partial charge in [0.1, 0.15) is 0 Å². The monoisotopic (exact) mass is 311 g/mol. The number of rotatable bonds is 3. The molecule has 1 heterocycles. The molecule has 1 aromatic rings. The molecule has 0 spiro atoms. The Morgan fingerprint density at radius 2 is 2.17 bits per heavy atom. The molecule has 1 aliphatic rings. The van der Waals surface area contributed by atoms with Crippen molar-refractivity contribution in [2.24, 2.45) is 5.92 Å². The lowest BCUT2D eigenvalue weighted by Gasteiger charge is -2.38. The number of aliphatic hydroxyl groups excluding tert-OH is 1. The maximum Gasteiger partial charge on any atom is 0.0434 e. The van der Waals surface area contributed by atoms with E-state index in [1.165, 1.54) is 22.1 Å². The standard InChI is InChI=1S/C15H22BrNO/c1-11-4-5-13(10-14(11)16)17-8-6-12(7-9-18)15(17,2)3/h4-5,10,12,18H,6-9H2,1-3H3. The van der Waals surface area contributed by atoms with E-state index < -0.39 is 0 Å². The first-order valence-electron chi connectivity index (χ1n) is 6.61. The molecule has 0 amide bonds. The van der Waals surface area contributed by atoms with Crippen LogP contribution >= 0.6 is 15.9 Å². The number of halogens is 1. The molecule has 18 heavy (non-hydrogen) atoms. The molecule has 2 rings (SSSR count). The molecule has 2 nitrogen and oxygen atoms in total. The van der Waals surface area contributed by atoms with Gasteiger partial charge >= 0.3 is 0 Å². The lowest BCUT2D eigenvalue weighted by molar-refractivity contribution is 0.229. The van der Waals surface area contributed by atoms with Crippen molar-refractivity contribution in [2.75, 3.05) is 18.1 Å². The molecule has 0 aromatic heterocycles. The lowest BCUT2D eigenvalue weighted by Crippen LogP contribution is -2.42. The van der Waals surface area contributed by atoms with Crippen molar-refractivity contribution in [2.45, 2.75) is 39.2 Å². The number of anilines is 1. The first kappa shape index (κ1) is 13.9. The number of nitrogens with zero attached hydrogens (tertiary/aromatic N) is 1. The fraction of sp³-hybridized carbons (Fsp3) is 0.600.